The van der Waals surface area contributed by atoms with Crippen LogP contribution in [0, 0.1) is 0 Å². The quantitative estimate of drug-likeness (QED) is 0.830. The predicted molar refractivity (Wildman–Crippen MR) is 58.4 cm³/mol. The lowest BCUT2D eigenvalue weighted by atomic mass is 10.0. The molecule has 0 aliphatic carbocycles. The van der Waals surface area contributed by atoms with Crippen LogP contribution in [0.4, 0.5) is 13.2 Å². The number of carbonyl (C=O) groups excluding carboxylic acids is 1. The minimum atomic E-state index is -4.80. The molecule has 1 aromatic rings. The normalized spacial score (nSPS) is 13.2. The van der Waals surface area contributed by atoms with Crippen LogP contribution in [0.5, 0.6) is 5.75 Å². The van der Waals surface area contributed by atoms with Gasteiger partial charge in [0.05, 0.1) is 0 Å². The molecule has 0 fully saturated rings. The number of Topliss-reactive ketones (excluding diaryl/α,β-unsaturated/α-hetero) is 1. The van der Waals surface area contributed by atoms with E-state index in [4.69, 9.17) is 0 Å². The predicted octanol–water partition coefficient (Wildman–Crippen LogP) is 2.93. The Morgan fingerprint density at radius 3 is 2.67 bits per heavy atom. The van der Waals surface area contributed by atoms with Gasteiger partial charge in [-0.05, 0) is 18.6 Å². The number of carbonyl (C=O) groups is 1. The topological polar surface area (TPSA) is 46.5 Å². The Kier molecular flexibility index (Phi) is 4.72. The van der Waals surface area contributed by atoms with E-state index >= 15 is 0 Å². The van der Waals surface area contributed by atoms with Gasteiger partial charge in [-0.25, -0.2) is 0 Å². The molecule has 18 heavy (non-hydrogen) atoms. The van der Waals surface area contributed by atoms with E-state index in [0.29, 0.717) is 6.42 Å². The van der Waals surface area contributed by atoms with E-state index in [0.717, 1.165) is 12.1 Å². The molecule has 0 aromatic heterocycles. The van der Waals surface area contributed by atoms with Gasteiger partial charge in [-0.2, -0.15) is 0 Å². The van der Waals surface area contributed by atoms with Crippen molar-refractivity contribution in [2.24, 2.45) is 0 Å². The Morgan fingerprint density at radius 2 is 2.11 bits per heavy atom. The van der Waals surface area contributed by atoms with Crippen LogP contribution < -0.4 is 4.74 Å². The first-order chi connectivity index (χ1) is 8.33. The van der Waals surface area contributed by atoms with Crippen LogP contribution in [0.1, 0.15) is 30.1 Å². The van der Waals surface area contributed by atoms with Crippen molar-refractivity contribution < 1.29 is 27.8 Å². The zero-order valence-electron chi connectivity index (χ0n) is 9.70. The summed E-state index contributed by atoms with van der Waals surface area (Å²) in [5, 5.41) is 9.48. The molecule has 6 heteroatoms. The summed E-state index contributed by atoms with van der Waals surface area (Å²) in [4.78, 5) is 11.7. The van der Waals surface area contributed by atoms with E-state index in [2.05, 4.69) is 4.74 Å². The largest absolute Gasteiger partial charge is 0.573 e. The molecule has 0 saturated carbocycles. The van der Waals surface area contributed by atoms with Crippen molar-refractivity contribution in [1.82, 2.24) is 0 Å². The highest BCUT2D eigenvalue weighted by molar-refractivity contribution is 5.99. The Bertz CT molecular complexity index is 415. The van der Waals surface area contributed by atoms with Gasteiger partial charge in [0.1, 0.15) is 11.9 Å². The lowest BCUT2D eigenvalue weighted by Gasteiger charge is -2.11. The number of ether oxygens (including phenoxy) is 1. The molecule has 0 aliphatic rings. The molecule has 0 bridgehead atoms. The summed E-state index contributed by atoms with van der Waals surface area (Å²) in [6, 6.07) is 4.67. The fourth-order valence-electron chi connectivity index (χ4n) is 1.44. The number of hydrogen-bond acceptors (Lipinski definition) is 3. The summed E-state index contributed by atoms with van der Waals surface area (Å²) in [5.41, 5.74) is -0.00213. The second kappa shape index (κ2) is 5.86. The van der Waals surface area contributed by atoms with Crippen molar-refractivity contribution in [3.05, 3.63) is 29.8 Å². The summed E-state index contributed by atoms with van der Waals surface area (Å²) in [7, 11) is 0. The fraction of sp³-hybridized carbons (Fsp3) is 0.417. The number of ketones is 1. The summed E-state index contributed by atoms with van der Waals surface area (Å²) in [6.07, 6.45) is -5.13. The van der Waals surface area contributed by atoms with Crippen molar-refractivity contribution in [3.63, 3.8) is 0 Å². The summed E-state index contributed by atoms with van der Waals surface area (Å²) in [5.74, 6) is -1.08. The van der Waals surface area contributed by atoms with Gasteiger partial charge in [0.25, 0.3) is 0 Å². The van der Waals surface area contributed by atoms with Gasteiger partial charge in [0.2, 0.25) is 0 Å². The lowest BCUT2D eigenvalue weighted by molar-refractivity contribution is -0.274. The van der Waals surface area contributed by atoms with Crippen LogP contribution in [0.15, 0.2) is 24.3 Å². The Hall–Kier alpha value is -1.56. The molecule has 0 spiro atoms. The van der Waals surface area contributed by atoms with Crippen LogP contribution in [-0.4, -0.2) is 23.4 Å². The average Bonchev–Trinajstić information content (AvgIpc) is 2.26. The Balaban J connectivity index is 2.85. The second-order valence-corrected chi connectivity index (χ2v) is 3.74. The third-order valence-corrected chi connectivity index (χ3v) is 2.22. The maximum Gasteiger partial charge on any atom is 0.573 e. The first kappa shape index (κ1) is 14.5. The average molecular weight is 262 g/mol. The molecule has 3 nitrogen and oxygen atoms in total. The molecular weight excluding hydrogens is 249 g/mol. The molecule has 0 amide bonds. The maximum absolute atomic E-state index is 12.0. The molecule has 100 valence electrons. The van der Waals surface area contributed by atoms with Gasteiger partial charge in [0.15, 0.2) is 5.78 Å². The molecular formula is C12H13F3O3. The molecule has 0 aliphatic heterocycles. The van der Waals surface area contributed by atoms with Crippen molar-refractivity contribution in [3.8, 4) is 5.75 Å². The van der Waals surface area contributed by atoms with E-state index in [1.807, 2.05) is 0 Å². The zero-order chi connectivity index (χ0) is 13.8. The third-order valence-electron chi connectivity index (χ3n) is 2.22. The monoisotopic (exact) mass is 262 g/mol. The van der Waals surface area contributed by atoms with E-state index in [1.54, 1.807) is 6.92 Å². The summed E-state index contributed by atoms with van der Waals surface area (Å²) < 4.78 is 39.7. The third kappa shape index (κ3) is 4.37. The number of benzene rings is 1. The van der Waals surface area contributed by atoms with E-state index in [-0.39, 0.29) is 12.0 Å². The first-order valence-corrected chi connectivity index (χ1v) is 5.41. The highest BCUT2D eigenvalue weighted by Gasteiger charge is 2.31. The van der Waals surface area contributed by atoms with Crippen molar-refractivity contribution in [2.75, 3.05) is 0 Å². The highest BCUT2D eigenvalue weighted by Crippen LogP contribution is 2.24. The molecule has 1 aromatic carbocycles. The lowest BCUT2D eigenvalue weighted by Crippen LogP contribution is -2.21. The van der Waals surface area contributed by atoms with Crippen molar-refractivity contribution in [2.45, 2.75) is 32.2 Å². The standard InChI is InChI=1S/C12H13F3O3/c1-2-4-10(16)11(17)8-5-3-6-9(7-8)18-12(13,14)15/h3,5-7,10,16H,2,4H2,1H3. The van der Waals surface area contributed by atoms with Crippen LogP contribution in [-0.2, 0) is 0 Å². The minimum absolute atomic E-state index is 0.00213. The van der Waals surface area contributed by atoms with Gasteiger partial charge >= 0.3 is 6.36 Å². The SMILES string of the molecule is CCCC(O)C(=O)c1cccc(OC(F)(F)F)c1. The molecule has 1 unspecified atom stereocenters. The molecule has 0 radical (unpaired) electrons. The van der Waals surface area contributed by atoms with Crippen LogP contribution in [0.2, 0.25) is 0 Å². The van der Waals surface area contributed by atoms with E-state index in [9.17, 15) is 23.1 Å². The molecule has 1 N–H and O–H groups in total. The van der Waals surface area contributed by atoms with Crippen LogP contribution in [0.25, 0.3) is 0 Å². The molecule has 1 rings (SSSR count). The second-order valence-electron chi connectivity index (χ2n) is 3.74. The van der Waals surface area contributed by atoms with Gasteiger partial charge in [0, 0.05) is 5.56 Å². The number of alkyl halides is 3. The van der Waals surface area contributed by atoms with Gasteiger partial charge in [-0.3, -0.25) is 4.79 Å². The Labute approximate surface area is 102 Å². The molecule has 0 saturated heterocycles. The fourth-order valence-corrected chi connectivity index (χ4v) is 1.44. The van der Waals surface area contributed by atoms with Gasteiger partial charge in [-0.1, -0.05) is 25.5 Å². The molecule has 0 heterocycles. The van der Waals surface area contributed by atoms with Crippen LogP contribution in [0.3, 0.4) is 0 Å². The van der Waals surface area contributed by atoms with Gasteiger partial charge in [-0.15, -0.1) is 13.2 Å². The maximum atomic E-state index is 12.0. The Morgan fingerprint density at radius 1 is 1.44 bits per heavy atom. The van der Waals surface area contributed by atoms with E-state index < -0.39 is 24.0 Å². The smallest absolute Gasteiger partial charge is 0.406 e. The summed E-state index contributed by atoms with van der Waals surface area (Å²) in [6.45, 7) is 1.79. The summed E-state index contributed by atoms with van der Waals surface area (Å²) >= 11 is 0. The number of halogens is 3. The molecule has 1 atom stereocenters. The van der Waals surface area contributed by atoms with Crippen molar-refractivity contribution >= 4 is 5.78 Å². The number of hydrogen-bond donors (Lipinski definition) is 1. The first-order valence-electron chi connectivity index (χ1n) is 5.41. The number of rotatable bonds is 5. The van der Waals surface area contributed by atoms with Gasteiger partial charge < -0.3 is 9.84 Å². The highest BCUT2D eigenvalue weighted by atomic mass is 19.4. The minimum Gasteiger partial charge on any atom is -0.406 e. The number of aliphatic hydroxyl groups is 1. The zero-order valence-corrected chi connectivity index (χ0v) is 9.70. The number of aliphatic hydroxyl groups excluding tert-OH is 1. The van der Waals surface area contributed by atoms with Crippen LogP contribution >= 0.6 is 0 Å². The van der Waals surface area contributed by atoms with E-state index in [1.165, 1.54) is 12.1 Å². The van der Waals surface area contributed by atoms with Crippen molar-refractivity contribution in [1.29, 1.82) is 0 Å².